The number of nitrogens with one attached hydrogen (secondary N) is 1. The highest BCUT2D eigenvalue weighted by atomic mass is 79.9. The topological polar surface area (TPSA) is 90.6 Å². The fourth-order valence-electron chi connectivity index (χ4n) is 3.78. The number of nitrogens with zero attached hydrogens (tertiary/aromatic N) is 3. The molecule has 0 saturated carbocycles. The van der Waals surface area contributed by atoms with Crippen LogP contribution in [-0.2, 0) is 0 Å². The molecule has 1 saturated heterocycles. The van der Waals surface area contributed by atoms with Crippen LogP contribution < -0.4 is 14.8 Å². The quantitative estimate of drug-likeness (QED) is 0.438. The van der Waals surface area contributed by atoms with Gasteiger partial charge in [-0.3, -0.25) is 4.90 Å². The van der Waals surface area contributed by atoms with Gasteiger partial charge < -0.3 is 19.9 Å². The van der Waals surface area contributed by atoms with Crippen LogP contribution in [0.4, 0.5) is 11.5 Å². The van der Waals surface area contributed by atoms with Crippen molar-refractivity contribution in [2.45, 2.75) is 18.9 Å². The normalized spacial score (nSPS) is 14.8. The lowest BCUT2D eigenvalue weighted by molar-refractivity contribution is 0.0753. The molecule has 0 atom stereocenters. The summed E-state index contributed by atoms with van der Waals surface area (Å²) in [5, 5.41) is 23.9. The van der Waals surface area contributed by atoms with E-state index < -0.39 is 0 Å². The van der Waals surface area contributed by atoms with Crippen molar-refractivity contribution in [1.29, 1.82) is 5.26 Å². The fourth-order valence-corrected chi connectivity index (χ4v) is 4.56. The van der Waals surface area contributed by atoms with Crippen molar-refractivity contribution in [3.63, 3.8) is 0 Å². The van der Waals surface area contributed by atoms with E-state index in [0.29, 0.717) is 40.0 Å². The van der Waals surface area contributed by atoms with E-state index in [4.69, 9.17) is 21.1 Å². The highest BCUT2D eigenvalue weighted by Crippen LogP contribution is 2.35. The molecule has 0 aliphatic carbocycles. The molecule has 172 valence electrons. The maximum atomic E-state index is 9.67. The Balaban J connectivity index is 1.57. The van der Waals surface area contributed by atoms with E-state index in [9.17, 15) is 10.4 Å². The molecule has 0 amide bonds. The van der Waals surface area contributed by atoms with Gasteiger partial charge >= 0.3 is 0 Å². The number of rotatable bonds is 7. The number of fused-ring (bicyclic) bond motifs is 1. The number of nitriles is 1. The maximum Gasteiger partial charge on any atom is 0.163 e. The van der Waals surface area contributed by atoms with Crippen molar-refractivity contribution in [2.24, 2.45) is 0 Å². The molecule has 1 aliphatic rings. The third-order valence-electron chi connectivity index (χ3n) is 5.63. The van der Waals surface area contributed by atoms with Crippen LogP contribution in [0.1, 0.15) is 18.4 Å². The van der Waals surface area contributed by atoms with Gasteiger partial charge in [-0.05, 0) is 59.1 Å². The zero-order chi connectivity index (χ0) is 23.4. The lowest BCUT2D eigenvalue weighted by atomic mass is 10.1. The van der Waals surface area contributed by atoms with Crippen LogP contribution in [0, 0.1) is 11.3 Å². The van der Waals surface area contributed by atoms with E-state index >= 15 is 0 Å². The number of hydrogen-bond acceptors (Lipinski definition) is 7. The average molecular weight is 532 g/mol. The van der Waals surface area contributed by atoms with Crippen molar-refractivity contribution in [1.82, 2.24) is 9.88 Å². The SMILES string of the molecule is COc1cc2cc(C#N)c(Nc3ccc(Cl)cc3Br)nc2cc1OCCN1CCC(O)CC1. The lowest BCUT2D eigenvalue weighted by Crippen LogP contribution is -2.38. The number of methoxy groups -OCH3 is 1. The summed E-state index contributed by atoms with van der Waals surface area (Å²) in [7, 11) is 1.59. The van der Waals surface area contributed by atoms with Gasteiger partial charge in [0.05, 0.1) is 30.0 Å². The van der Waals surface area contributed by atoms with Crippen LogP contribution in [0.3, 0.4) is 0 Å². The molecule has 2 N–H and O–H groups in total. The summed E-state index contributed by atoms with van der Waals surface area (Å²) < 4.78 is 12.3. The van der Waals surface area contributed by atoms with Gasteiger partial charge in [-0.2, -0.15) is 5.26 Å². The standard InChI is InChI=1S/C24H24BrClN4O3/c1-32-22-11-15-10-16(14-27)24(28-20-3-2-17(26)12-19(20)25)29-21(15)13-23(22)33-9-8-30-6-4-18(31)5-7-30/h2-3,10-13,18,31H,4-9H2,1H3,(H,28,29). The second kappa shape index (κ2) is 10.6. The Kier molecular flexibility index (Phi) is 7.56. The summed E-state index contributed by atoms with van der Waals surface area (Å²) in [6, 6.07) is 13.0. The number of benzene rings is 2. The summed E-state index contributed by atoms with van der Waals surface area (Å²) in [5.74, 6) is 1.62. The molecule has 4 rings (SSSR count). The summed E-state index contributed by atoms with van der Waals surface area (Å²) >= 11 is 9.52. The van der Waals surface area contributed by atoms with E-state index in [1.165, 1.54) is 0 Å². The Morgan fingerprint density at radius 2 is 2.03 bits per heavy atom. The third-order valence-corrected chi connectivity index (χ3v) is 6.52. The van der Waals surface area contributed by atoms with Crippen molar-refractivity contribution in [2.75, 3.05) is 38.7 Å². The number of piperidine rings is 1. The monoisotopic (exact) mass is 530 g/mol. The number of halogens is 2. The number of anilines is 2. The van der Waals surface area contributed by atoms with Gasteiger partial charge in [0.25, 0.3) is 0 Å². The molecular weight excluding hydrogens is 508 g/mol. The summed E-state index contributed by atoms with van der Waals surface area (Å²) in [6.45, 7) is 3.00. The number of aliphatic hydroxyl groups excluding tert-OH is 1. The largest absolute Gasteiger partial charge is 0.493 e. The Morgan fingerprint density at radius 1 is 1.24 bits per heavy atom. The number of aliphatic hydroxyl groups is 1. The van der Waals surface area contributed by atoms with Gasteiger partial charge in [-0.1, -0.05) is 11.6 Å². The van der Waals surface area contributed by atoms with Crippen molar-refractivity contribution < 1.29 is 14.6 Å². The van der Waals surface area contributed by atoms with Gasteiger partial charge in [0.2, 0.25) is 0 Å². The fraction of sp³-hybridized carbons (Fsp3) is 0.333. The van der Waals surface area contributed by atoms with Crippen LogP contribution in [-0.4, -0.2) is 54.4 Å². The second-order valence-electron chi connectivity index (χ2n) is 7.86. The Bertz CT molecular complexity index is 1190. The minimum absolute atomic E-state index is 0.191. The van der Waals surface area contributed by atoms with E-state index in [-0.39, 0.29) is 6.10 Å². The highest BCUT2D eigenvalue weighted by molar-refractivity contribution is 9.10. The molecule has 1 fully saturated rings. The zero-order valence-corrected chi connectivity index (χ0v) is 20.5. The molecule has 1 aliphatic heterocycles. The molecule has 1 aromatic heterocycles. The average Bonchev–Trinajstić information content (AvgIpc) is 2.81. The molecule has 0 bridgehead atoms. The molecule has 9 heteroatoms. The number of pyridine rings is 1. The molecule has 3 aromatic rings. The number of likely N-dealkylation sites (tertiary alicyclic amines) is 1. The van der Waals surface area contributed by atoms with Gasteiger partial charge in [0.1, 0.15) is 18.5 Å². The number of ether oxygens (including phenoxy) is 2. The van der Waals surface area contributed by atoms with E-state index in [1.54, 1.807) is 25.3 Å². The van der Waals surface area contributed by atoms with Gasteiger partial charge in [-0.15, -0.1) is 0 Å². The minimum atomic E-state index is -0.191. The Labute approximate surface area is 206 Å². The lowest BCUT2D eigenvalue weighted by Gasteiger charge is -2.29. The first-order valence-corrected chi connectivity index (χ1v) is 11.8. The first-order chi connectivity index (χ1) is 16.0. The predicted octanol–water partition coefficient (Wildman–Crippen LogP) is 5.11. The first-order valence-electron chi connectivity index (χ1n) is 10.6. The minimum Gasteiger partial charge on any atom is -0.493 e. The maximum absolute atomic E-state index is 9.67. The van der Waals surface area contributed by atoms with Crippen LogP contribution in [0.15, 0.2) is 40.9 Å². The molecule has 0 unspecified atom stereocenters. The molecule has 2 heterocycles. The van der Waals surface area contributed by atoms with E-state index in [2.05, 4.69) is 37.2 Å². The molecule has 0 radical (unpaired) electrons. The Morgan fingerprint density at radius 3 is 2.73 bits per heavy atom. The summed E-state index contributed by atoms with van der Waals surface area (Å²) in [6.07, 6.45) is 1.40. The molecule has 7 nitrogen and oxygen atoms in total. The molecule has 2 aromatic carbocycles. The van der Waals surface area contributed by atoms with Crippen LogP contribution >= 0.6 is 27.5 Å². The molecule has 33 heavy (non-hydrogen) atoms. The number of hydrogen-bond donors (Lipinski definition) is 2. The van der Waals surface area contributed by atoms with E-state index in [1.807, 2.05) is 18.2 Å². The second-order valence-corrected chi connectivity index (χ2v) is 9.15. The summed E-state index contributed by atoms with van der Waals surface area (Å²) in [5.41, 5.74) is 1.84. The van der Waals surface area contributed by atoms with Gasteiger partial charge in [0, 0.05) is 40.6 Å². The smallest absolute Gasteiger partial charge is 0.163 e. The molecular formula is C24H24BrClN4O3. The van der Waals surface area contributed by atoms with Crippen molar-refractivity contribution >= 4 is 49.9 Å². The highest BCUT2D eigenvalue weighted by Gasteiger charge is 2.17. The zero-order valence-electron chi connectivity index (χ0n) is 18.1. The third kappa shape index (κ3) is 5.68. The Hall–Kier alpha value is -2.57. The predicted molar refractivity (Wildman–Crippen MR) is 133 cm³/mol. The van der Waals surface area contributed by atoms with Crippen LogP contribution in [0.5, 0.6) is 11.5 Å². The van der Waals surface area contributed by atoms with Crippen LogP contribution in [0.2, 0.25) is 5.02 Å². The van der Waals surface area contributed by atoms with E-state index in [0.717, 1.165) is 48.0 Å². The molecule has 0 spiro atoms. The van der Waals surface area contributed by atoms with Crippen molar-refractivity contribution in [3.8, 4) is 17.6 Å². The van der Waals surface area contributed by atoms with Crippen LogP contribution in [0.25, 0.3) is 10.9 Å². The van der Waals surface area contributed by atoms with Gasteiger partial charge in [0.15, 0.2) is 11.5 Å². The number of aromatic nitrogens is 1. The first kappa shape index (κ1) is 23.6. The summed E-state index contributed by atoms with van der Waals surface area (Å²) in [4.78, 5) is 6.97. The van der Waals surface area contributed by atoms with Crippen molar-refractivity contribution in [3.05, 3.63) is 51.5 Å². The van der Waals surface area contributed by atoms with Gasteiger partial charge in [-0.25, -0.2) is 4.98 Å².